The molecule has 0 aliphatic heterocycles. The number of aromatic nitrogens is 4. The number of nitrogens with one attached hydrogen (secondary N) is 1. The minimum absolute atomic E-state index is 0.170. The maximum atomic E-state index is 10.3. The van der Waals surface area contributed by atoms with Gasteiger partial charge in [-0.15, -0.1) is 0 Å². The number of aromatic amines is 1. The third-order valence-corrected chi connectivity index (χ3v) is 2.78. The number of hydrogen-bond acceptors (Lipinski definition) is 5. The molecule has 2 rings (SSSR count). The van der Waals surface area contributed by atoms with Crippen LogP contribution >= 0.6 is 0 Å². The number of nitrogens with two attached hydrogens (primary N) is 2. The molecule has 7 nitrogen and oxygen atoms in total. The van der Waals surface area contributed by atoms with E-state index in [4.69, 9.17) is 11.5 Å². The molecule has 0 spiro atoms. The zero-order valence-corrected chi connectivity index (χ0v) is 11.8. The molecule has 2 heterocycles. The minimum Gasteiger partial charge on any atom is -0.382 e. The summed E-state index contributed by atoms with van der Waals surface area (Å²) < 4.78 is 0. The summed E-state index contributed by atoms with van der Waals surface area (Å²) in [5.74, 6) is 0.263. The Kier molecular flexibility index (Phi) is 7.02. The van der Waals surface area contributed by atoms with Crippen molar-refractivity contribution in [2.45, 2.75) is 45.4 Å². The molecule has 7 heteroatoms. The maximum absolute atomic E-state index is 10.3. The number of primary amides is 1. The van der Waals surface area contributed by atoms with Gasteiger partial charge in [0.25, 0.3) is 0 Å². The molecule has 0 fully saturated rings. The predicted molar refractivity (Wildman–Crippen MR) is 78.7 cm³/mol. The lowest BCUT2D eigenvalue weighted by atomic mass is 10.1. The van der Waals surface area contributed by atoms with Crippen molar-refractivity contribution in [2.24, 2.45) is 5.73 Å². The Morgan fingerprint density at radius 1 is 1.20 bits per heavy atom. The summed E-state index contributed by atoms with van der Waals surface area (Å²) in [6, 6.07) is 0. The van der Waals surface area contributed by atoms with Gasteiger partial charge >= 0.3 is 0 Å². The molecule has 2 aromatic heterocycles. The lowest BCUT2D eigenvalue weighted by Gasteiger charge is -1.95. The van der Waals surface area contributed by atoms with E-state index in [-0.39, 0.29) is 5.91 Å². The third-order valence-electron chi connectivity index (χ3n) is 2.78. The molecule has 0 unspecified atom stereocenters. The Bertz CT molecular complexity index is 524. The average Bonchev–Trinajstić information content (AvgIpc) is 2.89. The van der Waals surface area contributed by atoms with Gasteiger partial charge in [-0.05, 0) is 6.42 Å². The van der Waals surface area contributed by atoms with Gasteiger partial charge in [0.1, 0.15) is 11.8 Å². The summed E-state index contributed by atoms with van der Waals surface area (Å²) in [4.78, 5) is 24.6. The van der Waals surface area contributed by atoms with E-state index in [0.717, 1.165) is 12.8 Å². The second-order valence-corrected chi connectivity index (χ2v) is 4.49. The molecule has 2 aromatic rings. The molecule has 5 N–H and O–H groups in total. The Balaban J connectivity index is 0.000000200. The number of carbonyl (C=O) groups excluding carboxylic acids is 1. The highest BCUT2D eigenvalue weighted by atomic mass is 16.1. The summed E-state index contributed by atoms with van der Waals surface area (Å²) in [7, 11) is 0. The number of unbranched alkanes of at least 4 members (excludes halogenated alkanes) is 4. The standard InChI is InChI=1S/C8H17NO.C5H5N5/c1-2-3-4-5-6-7-8(9)10;6-4-3-5(9-1-7-3)10-2-8-4/h2-7H2,1H3,(H2,9,10);1-2H,(H3,6,7,8,9,10). The Hall–Kier alpha value is -2.18. The number of nitrogen functional groups attached to an aromatic ring is 1. The molecule has 0 aromatic carbocycles. The first-order valence-corrected chi connectivity index (χ1v) is 6.83. The normalized spacial score (nSPS) is 10.1. The summed E-state index contributed by atoms with van der Waals surface area (Å²) in [6.45, 7) is 2.17. The number of rotatable bonds is 6. The van der Waals surface area contributed by atoms with Crippen LogP contribution in [0.5, 0.6) is 0 Å². The van der Waals surface area contributed by atoms with Crippen LogP contribution in [0.3, 0.4) is 0 Å². The summed E-state index contributed by atoms with van der Waals surface area (Å²) in [6.07, 6.45) is 9.36. The van der Waals surface area contributed by atoms with Crippen LogP contribution in [0.2, 0.25) is 0 Å². The molecular weight excluding hydrogens is 256 g/mol. The number of fused-ring (bicyclic) bond motifs is 1. The Labute approximate surface area is 118 Å². The smallest absolute Gasteiger partial charge is 0.217 e. The van der Waals surface area contributed by atoms with Gasteiger partial charge in [0, 0.05) is 6.42 Å². The molecule has 0 aliphatic rings. The van der Waals surface area contributed by atoms with Crippen molar-refractivity contribution < 1.29 is 4.79 Å². The highest BCUT2D eigenvalue weighted by molar-refractivity contribution is 5.80. The first-order valence-electron chi connectivity index (χ1n) is 6.83. The van der Waals surface area contributed by atoms with Crippen molar-refractivity contribution in [3.63, 3.8) is 0 Å². The molecular formula is C13H22N6O. The topological polar surface area (TPSA) is 124 Å². The molecule has 20 heavy (non-hydrogen) atoms. The number of carbonyl (C=O) groups is 1. The van der Waals surface area contributed by atoms with Crippen LogP contribution in [-0.4, -0.2) is 25.8 Å². The second-order valence-electron chi connectivity index (χ2n) is 4.49. The van der Waals surface area contributed by atoms with Gasteiger partial charge in [-0.3, -0.25) is 4.79 Å². The van der Waals surface area contributed by atoms with Crippen molar-refractivity contribution in [3.8, 4) is 0 Å². The molecule has 0 bridgehead atoms. The highest BCUT2D eigenvalue weighted by Crippen LogP contribution is 2.09. The number of amides is 1. The molecule has 0 atom stereocenters. The van der Waals surface area contributed by atoms with Gasteiger partial charge in [-0.1, -0.05) is 32.6 Å². The fourth-order valence-corrected chi connectivity index (χ4v) is 1.69. The van der Waals surface area contributed by atoms with E-state index in [0.29, 0.717) is 23.4 Å². The average molecular weight is 278 g/mol. The van der Waals surface area contributed by atoms with E-state index in [9.17, 15) is 4.79 Å². The highest BCUT2D eigenvalue weighted by Gasteiger charge is 1.99. The van der Waals surface area contributed by atoms with Crippen molar-refractivity contribution in [2.75, 3.05) is 5.73 Å². The SMILES string of the molecule is CCCCCCCC(N)=O.Nc1ncnc2nc[nH]c12. The van der Waals surface area contributed by atoms with E-state index in [1.54, 1.807) is 0 Å². The lowest BCUT2D eigenvalue weighted by Crippen LogP contribution is -2.09. The van der Waals surface area contributed by atoms with Crippen LogP contribution in [-0.2, 0) is 4.79 Å². The molecule has 0 saturated carbocycles. The molecule has 0 saturated heterocycles. The Morgan fingerprint density at radius 3 is 2.60 bits per heavy atom. The van der Waals surface area contributed by atoms with E-state index >= 15 is 0 Å². The van der Waals surface area contributed by atoms with E-state index in [2.05, 4.69) is 26.9 Å². The van der Waals surface area contributed by atoms with E-state index < -0.39 is 0 Å². The number of imidazole rings is 1. The van der Waals surface area contributed by atoms with Crippen molar-refractivity contribution in [3.05, 3.63) is 12.7 Å². The fraction of sp³-hybridized carbons (Fsp3) is 0.538. The van der Waals surface area contributed by atoms with Crippen molar-refractivity contribution >= 4 is 22.9 Å². The first-order chi connectivity index (χ1) is 9.65. The zero-order chi connectivity index (χ0) is 14.8. The van der Waals surface area contributed by atoms with Crippen molar-refractivity contribution in [1.29, 1.82) is 0 Å². The molecule has 0 aliphatic carbocycles. The quantitative estimate of drug-likeness (QED) is 0.695. The van der Waals surface area contributed by atoms with Crippen LogP contribution in [0.15, 0.2) is 12.7 Å². The second kappa shape index (κ2) is 8.84. The maximum Gasteiger partial charge on any atom is 0.217 e. The molecule has 110 valence electrons. The van der Waals surface area contributed by atoms with Gasteiger partial charge in [0.05, 0.1) is 6.33 Å². The number of nitrogens with zero attached hydrogens (tertiary/aromatic N) is 3. The van der Waals surface area contributed by atoms with Gasteiger partial charge in [-0.2, -0.15) is 0 Å². The van der Waals surface area contributed by atoms with Crippen LogP contribution < -0.4 is 11.5 Å². The first kappa shape index (κ1) is 15.9. The molecule has 1 amide bonds. The van der Waals surface area contributed by atoms with Crippen LogP contribution in [0.25, 0.3) is 11.2 Å². The largest absolute Gasteiger partial charge is 0.382 e. The fourth-order valence-electron chi connectivity index (χ4n) is 1.69. The minimum atomic E-state index is -0.170. The van der Waals surface area contributed by atoms with Crippen LogP contribution in [0.4, 0.5) is 5.82 Å². The van der Waals surface area contributed by atoms with Gasteiger partial charge in [0.2, 0.25) is 5.91 Å². The number of anilines is 1. The van der Waals surface area contributed by atoms with Gasteiger partial charge in [-0.25, -0.2) is 15.0 Å². The summed E-state index contributed by atoms with van der Waals surface area (Å²) in [5, 5.41) is 0. The van der Waals surface area contributed by atoms with E-state index in [1.807, 2.05) is 0 Å². The summed E-state index contributed by atoms with van der Waals surface area (Å²) >= 11 is 0. The Morgan fingerprint density at radius 2 is 1.95 bits per heavy atom. The lowest BCUT2D eigenvalue weighted by molar-refractivity contribution is -0.118. The number of H-pyrrole nitrogens is 1. The zero-order valence-electron chi connectivity index (χ0n) is 11.8. The van der Waals surface area contributed by atoms with Crippen molar-refractivity contribution in [1.82, 2.24) is 19.9 Å². The third kappa shape index (κ3) is 5.64. The van der Waals surface area contributed by atoms with Gasteiger partial charge < -0.3 is 16.5 Å². The molecule has 0 radical (unpaired) electrons. The van der Waals surface area contributed by atoms with E-state index in [1.165, 1.54) is 31.9 Å². The predicted octanol–water partition coefficient (Wildman–Crippen LogP) is 1.77. The van der Waals surface area contributed by atoms with Gasteiger partial charge in [0.15, 0.2) is 11.5 Å². The number of hydrogen-bond donors (Lipinski definition) is 3. The van der Waals surface area contributed by atoms with Crippen LogP contribution in [0, 0.1) is 0 Å². The monoisotopic (exact) mass is 278 g/mol. The summed E-state index contributed by atoms with van der Waals surface area (Å²) in [5.41, 5.74) is 11.7. The van der Waals surface area contributed by atoms with Crippen LogP contribution in [0.1, 0.15) is 45.4 Å².